The Kier molecular flexibility index (Phi) is 3.12. The summed E-state index contributed by atoms with van der Waals surface area (Å²) in [5.41, 5.74) is 2.13. The molecule has 2 rings (SSSR count). The van der Waals surface area contributed by atoms with Gasteiger partial charge in [-0.2, -0.15) is 0 Å². The van der Waals surface area contributed by atoms with Crippen molar-refractivity contribution in [2.75, 3.05) is 0 Å². The first-order valence-electron chi connectivity index (χ1n) is 4.48. The van der Waals surface area contributed by atoms with Gasteiger partial charge in [-0.05, 0) is 24.6 Å². The number of oxazole rings is 1. The molecule has 2 nitrogen and oxygen atoms in total. The fourth-order valence-electron chi connectivity index (χ4n) is 1.23. The number of nitrogens with zero attached hydrogens (tertiary/aromatic N) is 1. The molecule has 0 saturated heterocycles. The molecule has 0 N–H and O–H groups in total. The summed E-state index contributed by atoms with van der Waals surface area (Å²) in [7, 11) is 0. The molecule has 4 heteroatoms. The topological polar surface area (TPSA) is 26.0 Å². The van der Waals surface area contributed by atoms with E-state index in [-0.39, 0.29) is 0 Å². The lowest BCUT2D eigenvalue weighted by Crippen LogP contribution is -1.80. The van der Waals surface area contributed by atoms with E-state index < -0.39 is 0 Å². The average Bonchev–Trinajstić information content (AvgIpc) is 2.70. The molecule has 0 bridgehead atoms. The van der Waals surface area contributed by atoms with Crippen LogP contribution >= 0.6 is 27.5 Å². The zero-order valence-corrected chi connectivity index (χ0v) is 10.5. The number of aromatic nitrogens is 1. The number of halogens is 2. The standard InChI is InChI=1S/C11H9BrClNO/c1-7-2-3-8(4-10(7)12)11-14-6-9(5-13)15-11/h2-4,6H,5H2,1H3. The van der Waals surface area contributed by atoms with Crippen molar-refractivity contribution in [3.05, 3.63) is 40.2 Å². The van der Waals surface area contributed by atoms with Crippen LogP contribution < -0.4 is 0 Å². The molecule has 0 amide bonds. The molecule has 2 aromatic rings. The van der Waals surface area contributed by atoms with E-state index >= 15 is 0 Å². The first kappa shape index (κ1) is 10.7. The summed E-state index contributed by atoms with van der Waals surface area (Å²) in [6.45, 7) is 2.04. The van der Waals surface area contributed by atoms with Gasteiger partial charge in [-0.1, -0.05) is 22.0 Å². The first-order chi connectivity index (χ1) is 7.20. The predicted octanol–water partition coefficient (Wildman–Crippen LogP) is 4.15. The zero-order chi connectivity index (χ0) is 10.8. The highest BCUT2D eigenvalue weighted by Crippen LogP contribution is 2.25. The Labute approximate surface area is 101 Å². The summed E-state index contributed by atoms with van der Waals surface area (Å²) in [6, 6.07) is 5.98. The van der Waals surface area contributed by atoms with Crippen molar-refractivity contribution in [3.63, 3.8) is 0 Å². The van der Waals surface area contributed by atoms with Crippen molar-refractivity contribution in [3.8, 4) is 11.5 Å². The third-order valence-corrected chi connectivity index (χ3v) is 3.22. The van der Waals surface area contributed by atoms with Crippen LogP contribution in [0.3, 0.4) is 0 Å². The molecule has 0 radical (unpaired) electrons. The van der Waals surface area contributed by atoms with Crippen molar-refractivity contribution >= 4 is 27.5 Å². The molecule has 1 aromatic heterocycles. The van der Waals surface area contributed by atoms with Crippen LogP contribution in [0.1, 0.15) is 11.3 Å². The number of hydrogen-bond acceptors (Lipinski definition) is 2. The molecular formula is C11H9BrClNO. The highest BCUT2D eigenvalue weighted by molar-refractivity contribution is 9.10. The number of benzene rings is 1. The van der Waals surface area contributed by atoms with E-state index in [4.69, 9.17) is 16.0 Å². The van der Waals surface area contributed by atoms with E-state index in [1.54, 1.807) is 6.20 Å². The second-order valence-corrected chi connectivity index (χ2v) is 4.35. The van der Waals surface area contributed by atoms with Crippen LogP contribution in [0, 0.1) is 6.92 Å². The number of alkyl halides is 1. The Morgan fingerprint density at radius 3 is 2.87 bits per heavy atom. The summed E-state index contributed by atoms with van der Waals surface area (Å²) < 4.78 is 6.50. The molecule has 0 atom stereocenters. The van der Waals surface area contributed by atoms with Gasteiger partial charge in [-0.3, -0.25) is 0 Å². The Morgan fingerprint density at radius 1 is 1.47 bits per heavy atom. The van der Waals surface area contributed by atoms with Crippen LogP contribution in [0.25, 0.3) is 11.5 Å². The third-order valence-electron chi connectivity index (χ3n) is 2.10. The highest BCUT2D eigenvalue weighted by atomic mass is 79.9. The highest BCUT2D eigenvalue weighted by Gasteiger charge is 2.07. The minimum Gasteiger partial charge on any atom is -0.440 e. The molecule has 0 fully saturated rings. The largest absolute Gasteiger partial charge is 0.440 e. The maximum atomic E-state index is 5.64. The lowest BCUT2D eigenvalue weighted by molar-refractivity contribution is 0.537. The summed E-state index contributed by atoms with van der Waals surface area (Å²) in [5, 5.41) is 0. The van der Waals surface area contributed by atoms with Crippen molar-refractivity contribution < 1.29 is 4.42 Å². The van der Waals surface area contributed by atoms with E-state index in [1.807, 2.05) is 25.1 Å². The van der Waals surface area contributed by atoms with Crippen LogP contribution in [0.5, 0.6) is 0 Å². The maximum Gasteiger partial charge on any atom is 0.226 e. The molecule has 0 unspecified atom stereocenters. The minimum absolute atomic E-state index is 0.347. The molecule has 0 spiro atoms. The van der Waals surface area contributed by atoms with E-state index in [2.05, 4.69) is 20.9 Å². The Hall–Kier alpha value is -0.800. The monoisotopic (exact) mass is 285 g/mol. The van der Waals surface area contributed by atoms with E-state index in [0.717, 1.165) is 10.0 Å². The maximum absolute atomic E-state index is 5.64. The van der Waals surface area contributed by atoms with Crippen LogP contribution in [-0.4, -0.2) is 4.98 Å². The van der Waals surface area contributed by atoms with Gasteiger partial charge in [0.15, 0.2) is 0 Å². The predicted molar refractivity (Wildman–Crippen MR) is 63.9 cm³/mol. The van der Waals surface area contributed by atoms with Crippen LogP contribution in [-0.2, 0) is 5.88 Å². The van der Waals surface area contributed by atoms with Crippen LogP contribution in [0.2, 0.25) is 0 Å². The van der Waals surface area contributed by atoms with Gasteiger partial charge in [0, 0.05) is 10.0 Å². The lowest BCUT2D eigenvalue weighted by atomic mass is 10.1. The Morgan fingerprint density at radius 2 is 2.27 bits per heavy atom. The average molecular weight is 287 g/mol. The van der Waals surface area contributed by atoms with Crippen LogP contribution in [0.4, 0.5) is 0 Å². The summed E-state index contributed by atoms with van der Waals surface area (Å²) in [5.74, 6) is 1.63. The van der Waals surface area contributed by atoms with Crippen LogP contribution in [0.15, 0.2) is 33.3 Å². The fourth-order valence-corrected chi connectivity index (χ4v) is 1.73. The SMILES string of the molecule is Cc1ccc(-c2ncc(CCl)o2)cc1Br. The van der Waals surface area contributed by atoms with Gasteiger partial charge in [0.1, 0.15) is 5.76 Å². The minimum atomic E-state index is 0.347. The third kappa shape index (κ3) is 2.24. The molecule has 1 aromatic carbocycles. The van der Waals surface area contributed by atoms with Gasteiger partial charge >= 0.3 is 0 Å². The number of hydrogen-bond donors (Lipinski definition) is 0. The quantitative estimate of drug-likeness (QED) is 0.775. The van der Waals surface area contributed by atoms with Crippen molar-refractivity contribution in [1.29, 1.82) is 0 Å². The number of rotatable bonds is 2. The van der Waals surface area contributed by atoms with Crippen molar-refractivity contribution in [1.82, 2.24) is 4.98 Å². The van der Waals surface area contributed by atoms with Gasteiger partial charge in [-0.25, -0.2) is 4.98 Å². The van der Waals surface area contributed by atoms with Gasteiger partial charge in [0.2, 0.25) is 5.89 Å². The molecule has 0 saturated carbocycles. The van der Waals surface area contributed by atoms with E-state index in [0.29, 0.717) is 17.5 Å². The van der Waals surface area contributed by atoms with Crippen molar-refractivity contribution in [2.45, 2.75) is 12.8 Å². The first-order valence-corrected chi connectivity index (χ1v) is 5.80. The smallest absolute Gasteiger partial charge is 0.226 e. The summed E-state index contributed by atoms with van der Waals surface area (Å²) >= 11 is 9.11. The zero-order valence-electron chi connectivity index (χ0n) is 8.13. The van der Waals surface area contributed by atoms with E-state index in [1.165, 1.54) is 5.56 Å². The Bertz CT molecular complexity index is 481. The summed E-state index contributed by atoms with van der Waals surface area (Å²) in [6.07, 6.45) is 1.65. The normalized spacial score (nSPS) is 10.6. The second-order valence-electron chi connectivity index (χ2n) is 3.23. The van der Waals surface area contributed by atoms with Gasteiger partial charge < -0.3 is 4.42 Å². The van der Waals surface area contributed by atoms with Gasteiger partial charge in [0.25, 0.3) is 0 Å². The van der Waals surface area contributed by atoms with Crippen molar-refractivity contribution in [2.24, 2.45) is 0 Å². The Balaban J connectivity index is 2.40. The fraction of sp³-hybridized carbons (Fsp3) is 0.182. The molecule has 0 aliphatic heterocycles. The molecule has 15 heavy (non-hydrogen) atoms. The summed E-state index contributed by atoms with van der Waals surface area (Å²) in [4.78, 5) is 4.16. The second kappa shape index (κ2) is 4.37. The molecule has 0 aliphatic carbocycles. The lowest BCUT2D eigenvalue weighted by Gasteiger charge is -1.99. The van der Waals surface area contributed by atoms with Gasteiger partial charge in [0.05, 0.1) is 12.1 Å². The van der Waals surface area contributed by atoms with Gasteiger partial charge in [-0.15, -0.1) is 11.6 Å². The molecule has 0 aliphatic rings. The molecule has 78 valence electrons. The number of aryl methyl sites for hydroxylation is 1. The molecular weight excluding hydrogens is 277 g/mol. The molecule has 1 heterocycles. The van der Waals surface area contributed by atoms with E-state index in [9.17, 15) is 0 Å².